The molecule has 0 saturated heterocycles. The van der Waals surface area contributed by atoms with Crippen molar-refractivity contribution in [3.05, 3.63) is 65.3 Å². The number of thiophene rings is 1. The Balaban J connectivity index is 1.96. The number of likely N-dealkylation sites (N-methyl/N-ethyl adjacent to an activating group) is 1. The van der Waals surface area contributed by atoms with Gasteiger partial charge in [-0.3, -0.25) is 4.98 Å². The predicted molar refractivity (Wildman–Crippen MR) is 81.6 cm³/mol. The van der Waals surface area contributed by atoms with Crippen LogP contribution < -0.4 is 5.32 Å². The number of fused-ring (bicyclic) bond motifs is 1. The molecule has 1 unspecified atom stereocenters. The van der Waals surface area contributed by atoms with Crippen LogP contribution in [0.3, 0.4) is 0 Å². The standard InChI is InChI=1S/C16H16N2S/c1-17-15(11-13-6-2-3-9-18-13)14-7-4-5-12-8-10-19-16(12)14/h2-10,15,17H,11H2,1H3. The minimum Gasteiger partial charge on any atom is -0.313 e. The summed E-state index contributed by atoms with van der Waals surface area (Å²) < 4.78 is 1.37. The van der Waals surface area contributed by atoms with Gasteiger partial charge in [-0.2, -0.15) is 0 Å². The van der Waals surface area contributed by atoms with Gasteiger partial charge >= 0.3 is 0 Å². The van der Waals surface area contributed by atoms with Crippen LogP contribution in [0.5, 0.6) is 0 Å². The van der Waals surface area contributed by atoms with E-state index in [1.807, 2.05) is 36.7 Å². The first kappa shape index (κ1) is 12.3. The maximum Gasteiger partial charge on any atom is 0.0422 e. The fourth-order valence-corrected chi connectivity index (χ4v) is 3.36. The number of hydrogen-bond donors (Lipinski definition) is 1. The van der Waals surface area contributed by atoms with Crippen LogP contribution in [-0.2, 0) is 6.42 Å². The van der Waals surface area contributed by atoms with Gasteiger partial charge in [0.15, 0.2) is 0 Å². The van der Waals surface area contributed by atoms with Gasteiger partial charge in [0.05, 0.1) is 0 Å². The highest BCUT2D eigenvalue weighted by molar-refractivity contribution is 7.17. The number of benzene rings is 1. The lowest BCUT2D eigenvalue weighted by molar-refractivity contribution is 0.589. The topological polar surface area (TPSA) is 24.9 Å². The smallest absolute Gasteiger partial charge is 0.0422 e. The molecule has 2 aromatic heterocycles. The average Bonchev–Trinajstić information content (AvgIpc) is 2.94. The zero-order chi connectivity index (χ0) is 13.1. The summed E-state index contributed by atoms with van der Waals surface area (Å²) in [6.45, 7) is 0. The molecule has 3 rings (SSSR count). The van der Waals surface area contributed by atoms with Crippen molar-refractivity contribution in [2.75, 3.05) is 7.05 Å². The van der Waals surface area contributed by atoms with Crippen LogP contribution in [0.1, 0.15) is 17.3 Å². The van der Waals surface area contributed by atoms with E-state index in [0.29, 0.717) is 6.04 Å². The Morgan fingerprint density at radius 3 is 2.89 bits per heavy atom. The third-order valence-corrected chi connectivity index (χ3v) is 4.35. The molecule has 0 spiro atoms. The molecule has 0 aliphatic rings. The van der Waals surface area contributed by atoms with E-state index in [0.717, 1.165) is 12.1 Å². The molecule has 0 aliphatic carbocycles. The van der Waals surface area contributed by atoms with Gasteiger partial charge < -0.3 is 5.32 Å². The number of hydrogen-bond acceptors (Lipinski definition) is 3. The van der Waals surface area contributed by atoms with Gasteiger partial charge in [0.1, 0.15) is 0 Å². The second-order valence-corrected chi connectivity index (χ2v) is 5.47. The van der Waals surface area contributed by atoms with Crippen LogP contribution in [0.2, 0.25) is 0 Å². The van der Waals surface area contributed by atoms with Crippen molar-refractivity contribution in [2.45, 2.75) is 12.5 Å². The highest BCUT2D eigenvalue weighted by Crippen LogP contribution is 2.30. The number of nitrogens with one attached hydrogen (secondary N) is 1. The Labute approximate surface area is 117 Å². The monoisotopic (exact) mass is 268 g/mol. The van der Waals surface area contributed by atoms with Crippen LogP contribution in [-0.4, -0.2) is 12.0 Å². The molecule has 0 radical (unpaired) electrons. The summed E-state index contributed by atoms with van der Waals surface area (Å²) >= 11 is 1.81. The summed E-state index contributed by atoms with van der Waals surface area (Å²) in [5.74, 6) is 0. The molecule has 0 saturated carbocycles. The summed E-state index contributed by atoms with van der Waals surface area (Å²) in [6.07, 6.45) is 2.77. The van der Waals surface area contributed by atoms with Gasteiger partial charge in [-0.25, -0.2) is 0 Å². The van der Waals surface area contributed by atoms with Gasteiger partial charge in [-0.15, -0.1) is 11.3 Å². The molecular weight excluding hydrogens is 252 g/mol. The van der Waals surface area contributed by atoms with Crippen LogP contribution in [0.4, 0.5) is 0 Å². The first-order valence-corrected chi connectivity index (χ1v) is 7.30. The number of rotatable bonds is 4. The molecule has 3 aromatic rings. The Morgan fingerprint density at radius 2 is 2.11 bits per heavy atom. The van der Waals surface area contributed by atoms with E-state index in [9.17, 15) is 0 Å². The van der Waals surface area contributed by atoms with Crippen molar-refractivity contribution in [3.63, 3.8) is 0 Å². The van der Waals surface area contributed by atoms with E-state index in [2.05, 4.69) is 46.0 Å². The lowest BCUT2D eigenvalue weighted by Gasteiger charge is -2.17. The third kappa shape index (κ3) is 2.53. The van der Waals surface area contributed by atoms with Gasteiger partial charge in [0, 0.05) is 29.1 Å². The first-order valence-electron chi connectivity index (χ1n) is 6.42. The summed E-state index contributed by atoms with van der Waals surface area (Å²) in [5, 5.41) is 6.89. The van der Waals surface area contributed by atoms with Crippen molar-refractivity contribution in [3.8, 4) is 0 Å². The van der Waals surface area contributed by atoms with Crippen LogP contribution in [0.15, 0.2) is 54.0 Å². The Hall–Kier alpha value is -1.71. The number of pyridine rings is 1. The van der Waals surface area contributed by atoms with Gasteiger partial charge in [-0.1, -0.05) is 24.3 Å². The van der Waals surface area contributed by atoms with Gasteiger partial charge in [-0.05, 0) is 41.6 Å². The maximum atomic E-state index is 4.42. The van der Waals surface area contributed by atoms with E-state index < -0.39 is 0 Å². The van der Waals surface area contributed by atoms with Crippen LogP contribution in [0, 0.1) is 0 Å². The Bertz CT molecular complexity index is 661. The van der Waals surface area contributed by atoms with E-state index in [1.54, 1.807) is 0 Å². The first-order chi connectivity index (χ1) is 9.38. The Morgan fingerprint density at radius 1 is 1.16 bits per heavy atom. The van der Waals surface area contributed by atoms with Crippen molar-refractivity contribution in [1.29, 1.82) is 0 Å². The second kappa shape index (κ2) is 5.51. The van der Waals surface area contributed by atoms with Crippen molar-refractivity contribution >= 4 is 21.4 Å². The summed E-state index contributed by atoms with van der Waals surface area (Å²) in [6, 6.07) is 15.1. The summed E-state index contributed by atoms with van der Waals surface area (Å²) in [7, 11) is 2.01. The number of nitrogens with zero attached hydrogens (tertiary/aromatic N) is 1. The molecule has 96 valence electrons. The fourth-order valence-electron chi connectivity index (χ4n) is 2.39. The average molecular weight is 268 g/mol. The molecule has 1 N–H and O–H groups in total. The zero-order valence-corrected chi connectivity index (χ0v) is 11.7. The third-order valence-electron chi connectivity index (χ3n) is 3.37. The molecule has 0 fully saturated rings. The molecule has 1 aromatic carbocycles. The molecular formula is C16H16N2S. The molecule has 0 aliphatic heterocycles. The Kier molecular flexibility index (Phi) is 3.58. The quantitative estimate of drug-likeness (QED) is 0.778. The molecule has 2 heterocycles. The molecule has 0 bridgehead atoms. The fraction of sp³-hybridized carbons (Fsp3) is 0.188. The molecule has 2 nitrogen and oxygen atoms in total. The largest absolute Gasteiger partial charge is 0.313 e. The van der Waals surface area contributed by atoms with E-state index >= 15 is 0 Å². The highest BCUT2D eigenvalue weighted by Gasteiger charge is 2.14. The molecule has 19 heavy (non-hydrogen) atoms. The second-order valence-electron chi connectivity index (χ2n) is 4.55. The number of aromatic nitrogens is 1. The highest BCUT2D eigenvalue weighted by atomic mass is 32.1. The molecule has 0 amide bonds. The lowest BCUT2D eigenvalue weighted by atomic mass is 10.0. The summed E-state index contributed by atoms with van der Waals surface area (Å²) in [4.78, 5) is 4.42. The normalized spacial score (nSPS) is 12.7. The zero-order valence-electron chi connectivity index (χ0n) is 10.8. The van der Waals surface area contributed by atoms with E-state index in [-0.39, 0.29) is 0 Å². The van der Waals surface area contributed by atoms with E-state index in [1.165, 1.54) is 15.6 Å². The lowest BCUT2D eigenvalue weighted by Crippen LogP contribution is -2.19. The van der Waals surface area contributed by atoms with Gasteiger partial charge in [0.25, 0.3) is 0 Å². The minimum atomic E-state index is 0.303. The van der Waals surface area contributed by atoms with Crippen LogP contribution >= 0.6 is 11.3 Å². The molecule has 1 atom stereocenters. The SMILES string of the molecule is CNC(Cc1ccccn1)c1cccc2ccsc12. The maximum absolute atomic E-state index is 4.42. The minimum absolute atomic E-state index is 0.303. The summed E-state index contributed by atoms with van der Waals surface area (Å²) in [5.41, 5.74) is 2.48. The van der Waals surface area contributed by atoms with Crippen molar-refractivity contribution < 1.29 is 0 Å². The van der Waals surface area contributed by atoms with Crippen molar-refractivity contribution in [1.82, 2.24) is 10.3 Å². The van der Waals surface area contributed by atoms with Crippen molar-refractivity contribution in [2.24, 2.45) is 0 Å². The van der Waals surface area contributed by atoms with Gasteiger partial charge in [0.2, 0.25) is 0 Å². The predicted octanol–water partition coefficient (Wildman–Crippen LogP) is 3.80. The molecule has 3 heteroatoms. The van der Waals surface area contributed by atoms with Crippen LogP contribution in [0.25, 0.3) is 10.1 Å². The van der Waals surface area contributed by atoms with E-state index in [4.69, 9.17) is 0 Å².